The van der Waals surface area contributed by atoms with Crippen molar-refractivity contribution in [2.24, 2.45) is 0 Å². The molecule has 2 aromatic rings. The van der Waals surface area contributed by atoms with Crippen molar-refractivity contribution in [1.82, 2.24) is 4.90 Å². The summed E-state index contributed by atoms with van der Waals surface area (Å²) in [6.45, 7) is 0.0924. The molecule has 5 nitrogen and oxygen atoms in total. The van der Waals surface area contributed by atoms with E-state index in [2.05, 4.69) is 21.2 Å². The average molecular weight is 423 g/mol. The second-order valence-electron chi connectivity index (χ2n) is 5.73. The highest BCUT2D eigenvalue weighted by atomic mass is 79.9. The summed E-state index contributed by atoms with van der Waals surface area (Å²) >= 11 is 3.26. The van der Waals surface area contributed by atoms with E-state index < -0.39 is 29.4 Å². The molecule has 3 rings (SSSR count). The van der Waals surface area contributed by atoms with Gasteiger partial charge in [-0.2, -0.15) is 0 Å². The van der Waals surface area contributed by atoms with Gasteiger partial charge in [0.05, 0.1) is 11.1 Å². The lowest BCUT2D eigenvalue weighted by atomic mass is 10.1. The number of hydrogen-bond donors (Lipinski definition) is 1. The van der Waals surface area contributed by atoms with Gasteiger partial charge < -0.3 is 5.32 Å². The van der Waals surface area contributed by atoms with Crippen LogP contribution in [-0.2, 0) is 4.79 Å². The second kappa shape index (κ2) is 7.33. The minimum absolute atomic E-state index is 0.0239. The molecule has 1 N–H and O–H groups in total. The molecule has 0 saturated heterocycles. The number of carbonyl (C=O) groups is 3. The van der Waals surface area contributed by atoms with E-state index in [1.54, 1.807) is 18.2 Å². The number of benzene rings is 2. The zero-order valence-corrected chi connectivity index (χ0v) is 15.0. The van der Waals surface area contributed by atoms with Gasteiger partial charge in [-0.15, -0.1) is 0 Å². The van der Waals surface area contributed by atoms with Crippen LogP contribution in [0.15, 0.2) is 40.9 Å². The van der Waals surface area contributed by atoms with Crippen molar-refractivity contribution < 1.29 is 23.2 Å². The highest BCUT2D eigenvalue weighted by Crippen LogP contribution is 2.26. The Morgan fingerprint density at radius 2 is 1.73 bits per heavy atom. The van der Waals surface area contributed by atoms with E-state index in [4.69, 9.17) is 0 Å². The first kappa shape index (κ1) is 18.2. The third-order valence-corrected chi connectivity index (χ3v) is 4.41. The van der Waals surface area contributed by atoms with E-state index in [9.17, 15) is 23.2 Å². The van der Waals surface area contributed by atoms with Crippen LogP contribution in [0.1, 0.15) is 33.6 Å². The van der Waals surface area contributed by atoms with Crippen LogP contribution < -0.4 is 5.32 Å². The summed E-state index contributed by atoms with van der Waals surface area (Å²) in [5.74, 6) is -3.26. The molecule has 8 heteroatoms. The molecule has 26 heavy (non-hydrogen) atoms. The molecule has 0 aromatic heterocycles. The summed E-state index contributed by atoms with van der Waals surface area (Å²) < 4.78 is 26.7. The summed E-state index contributed by atoms with van der Waals surface area (Å²) in [5.41, 5.74) is 0.805. The number of amides is 3. The van der Waals surface area contributed by atoms with Gasteiger partial charge in [0, 0.05) is 29.2 Å². The zero-order chi connectivity index (χ0) is 18.8. The second-order valence-corrected chi connectivity index (χ2v) is 6.65. The number of rotatable bonds is 5. The topological polar surface area (TPSA) is 66.5 Å². The Kier molecular flexibility index (Phi) is 5.13. The number of carbonyl (C=O) groups excluding carboxylic acids is 3. The molecule has 0 bridgehead atoms. The van der Waals surface area contributed by atoms with E-state index in [0.717, 1.165) is 17.0 Å². The fourth-order valence-corrected chi connectivity index (χ4v) is 3.02. The van der Waals surface area contributed by atoms with Crippen molar-refractivity contribution in [3.8, 4) is 0 Å². The maximum Gasteiger partial charge on any atom is 0.261 e. The first-order valence-electron chi connectivity index (χ1n) is 7.77. The smallest absolute Gasteiger partial charge is 0.261 e. The third-order valence-electron chi connectivity index (χ3n) is 3.92. The Morgan fingerprint density at radius 1 is 1.00 bits per heavy atom. The molecule has 0 fully saturated rings. The largest absolute Gasteiger partial charge is 0.326 e. The van der Waals surface area contributed by atoms with Gasteiger partial charge in [0.2, 0.25) is 5.91 Å². The standard InChI is InChI=1S/C18H13BrF2N2O3/c19-10-3-5-12-13(8-10)18(26)23(17(12)25)7-1-2-16(24)22-11-4-6-14(20)15(21)9-11/h3-6,8-9H,1-2,7H2,(H,22,24). The van der Waals surface area contributed by atoms with Gasteiger partial charge in [0.1, 0.15) is 0 Å². The number of fused-ring (bicyclic) bond motifs is 1. The Labute approximate surface area is 156 Å². The number of halogens is 3. The minimum Gasteiger partial charge on any atom is -0.326 e. The first-order valence-corrected chi connectivity index (χ1v) is 8.57. The number of imide groups is 1. The van der Waals surface area contributed by atoms with Crippen LogP contribution in [0.5, 0.6) is 0 Å². The maximum atomic E-state index is 13.1. The molecule has 0 unspecified atom stereocenters. The Bertz CT molecular complexity index is 917. The molecular formula is C18H13BrF2N2O3. The molecule has 0 spiro atoms. The van der Waals surface area contributed by atoms with Crippen molar-refractivity contribution >= 4 is 39.3 Å². The summed E-state index contributed by atoms with van der Waals surface area (Å²) in [6, 6.07) is 7.90. The van der Waals surface area contributed by atoms with Crippen molar-refractivity contribution in [3.63, 3.8) is 0 Å². The average Bonchev–Trinajstić information content (AvgIpc) is 2.82. The summed E-state index contributed by atoms with van der Waals surface area (Å²) in [6.07, 6.45) is 0.276. The van der Waals surface area contributed by atoms with E-state index in [-0.39, 0.29) is 25.1 Å². The van der Waals surface area contributed by atoms with E-state index in [0.29, 0.717) is 15.6 Å². The number of nitrogens with one attached hydrogen (secondary N) is 1. The summed E-state index contributed by atoms with van der Waals surface area (Å²) in [7, 11) is 0. The molecule has 134 valence electrons. The van der Waals surface area contributed by atoms with Crippen LogP contribution in [0.4, 0.5) is 14.5 Å². The SMILES string of the molecule is O=C(CCCN1C(=O)c2ccc(Br)cc2C1=O)Nc1ccc(F)c(F)c1. The van der Waals surface area contributed by atoms with Crippen LogP contribution in [0.25, 0.3) is 0 Å². The van der Waals surface area contributed by atoms with Gasteiger partial charge in [-0.05, 0) is 36.8 Å². The van der Waals surface area contributed by atoms with Gasteiger partial charge >= 0.3 is 0 Å². The van der Waals surface area contributed by atoms with Crippen LogP contribution in [-0.4, -0.2) is 29.2 Å². The summed E-state index contributed by atoms with van der Waals surface area (Å²) in [5, 5.41) is 2.44. The molecule has 0 radical (unpaired) electrons. The molecule has 1 aliphatic heterocycles. The van der Waals surface area contributed by atoms with Gasteiger partial charge in [-0.1, -0.05) is 15.9 Å². The van der Waals surface area contributed by atoms with Crippen LogP contribution in [0.3, 0.4) is 0 Å². The Morgan fingerprint density at radius 3 is 2.46 bits per heavy atom. The monoisotopic (exact) mass is 422 g/mol. The third kappa shape index (κ3) is 3.65. The van der Waals surface area contributed by atoms with Crippen molar-refractivity contribution in [1.29, 1.82) is 0 Å². The van der Waals surface area contributed by atoms with Crippen LogP contribution in [0.2, 0.25) is 0 Å². The van der Waals surface area contributed by atoms with Crippen molar-refractivity contribution in [3.05, 3.63) is 63.6 Å². The number of hydrogen-bond acceptors (Lipinski definition) is 3. The first-order chi connectivity index (χ1) is 12.4. The molecular weight excluding hydrogens is 410 g/mol. The van der Waals surface area contributed by atoms with Crippen LogP contribution >= 0.6 is 15.9 Å². The van der Waals surface area contributed by atoms with Crippen molar-refractivity contribution in [2.45, 2.75) is 12.8 Å². The predicted molar refractivity (Wildman–Crippen MR) is 93.7 cm³/mol. The molecule has 0 aliphatic carbocycles. The molecule has 2 aromatic carbocycles. The lowest BCUT2D eigenvalue weighted by Crippen LogP contribution is -2.31. The van der Waals surface area contributed by atoms with Gasteiger partial charge in [0.15, 0.2) is 11.6 Å². The summed E-state index contributed by atoms with van der Waals surface area (Å²) in [4.78, 5) is 37.6. The molecule has 0 saturated carbocycles. The fourth-order valence-electron chi connectivity index (χ4n) is 2.66. The predicted octanol–water partition coefficient (Wildman–Crippen LogP) is 3.74. The highest BCUT2D eigenvalue weighted by Gasteiger charge is 2.35. The minimum atomic E-state index is -1.06. The molecule has 1 heterocycles. The lowest BCUT2D eigenvalue weighted by molar-refractivity contribution is -0.116. The molecule has 0 atom stereocenters. The number of anilines is 1. The van der Waals surface area contributed by atoms with E-state index >= 15 is 0 Å². The van der Waals surface area contributed by atoms with Crippen LogP contribution in [0, 0.1) is 11.6 Å². The lowest BCUT2D eigenvalue weighted by Gasteiger charge is -2.13. The van der Waals surface area contributed by atoms with E-state index in [1.807, 2.05) is 0 Å². The Hall–Kier alpha value is -2.61. The zero-order valence-electron chi connectivity index (χ0n) is 13.4. The molecule has 3 amide bonds. The molecule has 1 aliphatic rings. The van der Waals surface area contributed by atoms with Crippen molar-refractivity contribution in [2.75, 3.05) is 11.9 Å². The Balaban J connectivity index is 1.55. The quantitative estimate of drug-likeness (QED) is 0.746. The highest BCUT2D eigenvalue weighted by molar-refractivity contribution is 9.10. The van der Waals surface area contributed by atoms with E-state index in [1.165, 1.54) is 6.07 Å². The van der Waals surface area contributed by atoms with Gasteiger partial charge in [0.25, 0.3) is 11.8 Å². The fraction of sp³-hybridized carbons (Fsp3) is 0.167. The number of nitrogens with zero attached hydrogens (tertiary/aromatic N) is 1. The maximum absolute atomic E-state index is 13.1. The van der Waals surface area contributed by atoms with Gasteiger partial charge in [-0.3, -0.25) is 19.3 Å². The van der Waals surface area contributed by atoms with Gasteiger partial charge in [-0.25, -0.2) is 8.78 Å². The normalized spacial score (nSPS) is 13.1.